The zero-order valence-electron chi connectivity index (χ0n) is 9.52. The van der Waals surface area contributed by atoms with Gasteiger partial charge in [0.15, 0.2) is 0 Å². The van der Waals surface area contributed by atoms with Gasteiger partial charge in [0, 0.05) is 19.2 Å². The molecule has 2 N–H and O–H groups in total. The van der Waals surface area contributed by atoms with Crippen molar-refractivity contribution in [3.8, 4) is 0 Å². The molecule has 1 aliphatic heterocycles. The van der Waals surface area contributed by atoms with Gasteiger partial charge in [-0.05, 0) is 32.2 Å². The van der Waals surface area contributed by atoms with E-state index in [4.69, 9.17) is 10.2 Å². The van der Waals surface area contributed by atoms with Gasteiger partial charge in [-0.3, -0.25) is 9.69 Å². The van der Waals surface area contributed by atoms with Gasteiger partial charge in [-0.1, -0.05) is 6.92 Å². The summed E-state index contributed by atoms with van der Waals surface area (Å²) in [5.41, 5.74) is 0. The smallest absolute Gasteiger partial charge is 0.307 e. The number of hydrogen-bond donors (Lipinski definition) is 2. The van der Waals surface area contributed by atoms with Crippen molar-refractivity contribution in [2.75, 3.05) is 19.7 Å². The minimum atomic E-state index is -0.729. The van der Waals surface area contributed by atoms with Crippen LogP contribution in [0.25, 0.3) is 0 Å². The third-order valence-electron chi connectivity index (χ3n) is 3.54. The fraction of sp³-hybridized carbons (Fsp3) is 0.909. The first kappa shape index (κ1) is 12.5. The first-order chi connectivity index (χ1) is 7.06. The summed E-state index contributed by atoms with van der Waals surface area (Å²) in [5.74, 6) is -0.510. The molecule has 0 radical (unpaired) electrons. The molecule has 1 heterocycles. The molecule has 4 nitrogen and oxygen atoms in total. The van der Waals surface area contributed by atoms with E-state index >= 15 is 0 Å². The van der Waals surface area contributed by atoms with Crippen molar-refractivity contribution in [2.24, 2.45) is 11.8 Å². The topological polar surface area (TPSA) is 60.8 Å². The number of likely N-dealkylation sites (tertiary alicyclic amines) is 1. The Morgan fingerprint density at radius 2 is 2.20 bits per heavy atom. The Labute approximate surface area is 90.9 Å². The number of aliphatic carboxylic acids is 1. The van der Waals surface area contributed by atoms with Crippen molar-refractivity contribution in [3.05, 3.63) is 0 Å². The molecular formula is C11H21NO3. The van der Waals surface area contributed by atoms with Crippen LogP contribution in [-0.2, 0) is 4.79 Å². The van der Waals surface area contributed by atoms with E-state index in [0.717, 1.165) is 25.9 Å². The number of carboxylic acids is 1. The second kappa shape index (κ2) is 5.47. The maximum absolute atomic E-state index is 10.8. The largest absolute Gasteiger partial charge is 0.481 e. The Bertz CT molecular complexity index is 220. The van der Waals surface area contributed by atoms with E-state index in [1.165, 1.54) is 0 Å². The SMILES string of the molecule is CC(C(=O)O)C(C)N1CCC(CCO)C1. The Kier molecular flexibility index (Phi) is 4.54. The summed E-state index contributed by atoms with van der Waals surface area (Å²) in [6.45, 7) is 5.86. The zero-order chi connectivity index (χ0) is 11.4. The molecule has 0 spiro atoms. The van der Waals surface area contributed by atoms with Crippen LogP contribution in [0.2, 0.25) is 0 Å². The molecular weight excluding hydrogens is 194 g/mol. The van der Waals surface area contributed by atoms with E-state index in [0.29, 0.717) is 5.92 Å². The van der Waals surface area contributed by atoms with Gasteiger partial charge in [0.25, 0.3) is 0 Å². The van der Waals surface area contributed by atoms with Crippen LogP contribution in [0.4, 0.5) is 0 Å². The van der Waals surface area contributed by atoms with Gasteiger partial charge in [-0.15, -0.1) is 0 Å². The van der Waals surface area contributed by atoms with Crippen LogP contribution in [0, 0.1) is 11.8 Å². The lowest BCUT2D eigenvalue weighted by Gasteiger charge is -2.27. The van der Waals surface area contributed by atoms with Crippen LogP contribution in [-0.4, -0.2) is 46.8 Å². The summed E-state index contributed by atoms with van der Waals surface area (Å²) < 4.78 is 0. The summed E-state index contributed by atoms with van der Waals surface area (Å²) >= 11 is 0. The minimum absolute atomic E-state index is 0.0891. The highest BCUT2D eigenvalue weighted by molar-refractivity contribution is 5.70. The fourth-order valence-corrected chi connectivity index (χ4v) is 2.17. The van der Waals surface area contributed by atoms with Crippen LogP contribution in [0.1, 0.15) is 26.7 Å². The van der Waals surface area contributed by atoms with Crippen molar-refractivity contribution in [1.29, 1.82) is 0 Å². The summed E-state index contributed by atoms with van der Waals surface area (Å²) in [4.78, 5) is 13.1. The number of aliphatic hydroxyl groups excluding tert-OH is 1. The van der Waals surface area contributed by atoms with Gasteiger partial charge in [-0.25, -0.2) is 0 Å². The lowest BCUT2D eigenvalue weighted by Crippen LogP contribution is -2.39. The molecule has 0 aliphatic carbocycles. The average molecular weight is 215 g/mol. The van der Waals surface area contributed by atoms with Crippen LogP contribution in [0.5, 0.6) is 0 Å². The highest BCUT2D eigenvalue weighted by Gasteiger charge is 2.30. The number of aliphatic hydroxyl groups is 1. The standard InChI is InChI=1S/C11H21NO3/c1-8(11(14)15)9(2)12-5-3-10(7-12)4-6-13/h8-10,13H,3-7H2,1-2H3,(H,14,15). The highest BCUT2D eigenvalue weighted by Crippen LogP contribution is 2.23. The van der Waals surface area contributed by atoms with Crippen molar-refractivity contribution in [1.82, 2.24) is 4.90 Å². The van der Waals surface area contributed by atoms with Crippen molar-refractivity contribution < 1.29 is 15.0 Å². The van der Waals surface area contributed by atoms with E-state index in [1.54, 1.807) is 6.92 Å². The fourth-order valence-electron chi connectivity index (χ4n) is 2.17. The first-order valence-electron chi connectivity index (χ1n) is 5.64. The van der Waals surface area contributed by atoms with E-state index in [9.17, 15) is 4.79 Å². The zero-order valence-corrected chi connectivity index (χ0v) is 9.52. The average Bonchev–Trinajstić information content (AvgIpc) is 2.64. The molecule has 0 aromatic rings. The van der Waals surface area contributed by atoms with E-state index in [2.05, 4.69) is 4.90 Å². The molecule has 0 aromatic heterocycles. The number of rotatable bonds is 5. The maximum Gasteiger partial charge on any atom is 0.307 e. The number of nitrogens with zero attached hydrogens (tertiary/aromatic N) is 1. The predicted octanol–water partition coefficient (Wildman–Crippen LogP) is 0.800. The Morgan fingerprint density at radius 1 is 1.53 bits per heavy atom. The highest BCUT2D eigenvalue weighted by atomic mass is 16.4. The molecule has 15 heavy (non-hydrogen) atoms. The third-order valence-corrected chi connectivity index (χ3v) is 3.54. The summed E-state index contributed by atoms with van der Waals surface area (Å²) in [6.07, 6.45) is 1.92. The molecule has 4 heteroatoms. The van der Waals surface area contributed by atoms with E-state index in [1.807, 2.05) is 6.92 Å². The molecule has 0 aromatic carbocycles. The summed E-state index contributed by atoms with van der Waals surface area (Å²) in [5, 5.41) is 17.8. The monoisotopic (exact) mass is 215 g/mol. The number of hydrogen-bond acceptors (Lipinski definition) is 3. The summed E-state index contributed by atoms with van der Waals surface area (Å²) in [7, 11) is 0. The lowest BCUT2D eigenvalue weighted by molar-refractivity contribution is -0.143. The Hall–Kier alpha value is -0.610. The maximum atomic E-state index is 10.8. The minimum Gasteiger partial charge on any atom is -0.481 e. The molecule has 0 bridgehead atoms. The third kappa shape index (κ3) is 3.18. The first-order valence-corrected chi connectivity index (χ1v) is 5.64. The van der Waals surface area contributed by atoms with Crippen molar-refractivity contribution >= 4 is 5.97 Å². The van der Waals surface area contributed by atoms with E-state index < -0.39 is 5.97 Å². The Morgan fingerprint density at radius 3 is 2.73 bits per heavy atom. The molecule has 1 fully saturated rings. The van der Waals surface area contributed by atoms with E-state index in [-0.39, 0.29) is 18.6 Å². The number of carbonyl (C=O) groups is 1. The van der Waals surface area contributed by atoms with Gasteiger partial charge in [0.2, 0.25) is 0 Å². The second-order valence-corrected chi connectivity index (χ2v) is 4.53. The second-order valence-electron chi connectivity index (χ2n) is 4.53. The van der Waals surface area contributed by atoms with Gasteiger partial charge in [0.05, 0.1) is 5.92 Å². The van der Waals surface area contributed by atoms with Crippen molar-refractivity contribution in [2.45, 2.75) is 32.7 Å². The van der Waals surface area contributed by atoms with Crippen LogP contribution in [0.3, 0.4) is 0 Å². The molecule has 1 aliphatic rings. The lowest BCUT2D eigenvalue weighted by atomic mass is 10.0. The van der Waals surface area contributed by atoms with Crippen molar-refractivity contribution in [3.63, 3.8) is 0 Å². The Balaban J connectivity index is 2.42. The molecule has 3 unspecified atom stereocenters. The summed E-state index contributed by atoms with van der Waals surface area (Å²) in [6, 6.07) is 0.0891. The molecule has 0 saturated carbocycles. The van der Waals surface area contributed by atoms with Crippen LogP contribution < -0.4 is 0 Å². The molecule has 3 atom stereocenters. The normalized spacial score (nSPS) is 26.5. The van der Waals surface area contributed by atoms with Gasteiger partial charge in [0.1, 0.15) is 0 Å². The number of carboxylic acid groups (broad SMARTS) is 1. The van der Waals surface area contributed by atoms with Gasteiger partial charge < -0.3 is 10.2 Å². The molecule has 88 valence electrons. The van der Waals surface area contributed by atoms with Crippen LogP contribution in [0.15, 0.2) is 0 Å². The van der Waals surface area contributed by atoms with Gasteiger partial charge in [-0.2, -0.15) is 0 Å². The molecule has 1 saturated heterocycles. The quantitative estimate of drug-likeness (QED) is 0.712. The van der Waals surface area contributed by atoms with Crippen LogP contribution >= 0.6 is 0 Å². The predicted molar refractivity (Wildman–Crippen MR) is 57.6 cm³/mol. The van der Waals surface area contributed by atoms with Gasteiger partial charge >= 0.3 is 5.97 Å². The molecule has 0 amide bonds. The molecule has 1 rings (SSSR count).